The van der Waals surface area contributed by atoms with Crippen LogP contribution < -0.4 is 10.6 Å². The minimum absolute atomic E-state index is 0. The molecule has 0 aromatic carbocycles. The molecule has 1 rings (SSSR count). The van der Waals surface area contributed by atoms with Crippen LogP contribution in [0.5, 0.6) is 0 Å². The summed E-state index contributed by atoms with van der Waals surface area (Å²) in [6.45, 7) is 6.78. The third-order valence-electron chi connectivity index (χ3n) is 4.77. The Balaban J connectivity index is 0.00000625. The van der Waals surface area contributed by atoms with Crippen LogP contribution in [0.15, 0.2) is 4.99 Å². The molecule has 0 aliphatic heterocycles. The number of amides is 1. The quantitative estimate of drug-likeness (QED) is 0.279. The van der Waals surface area contributed by atoms with Gasteiger partial charge in [0.15, 0.2) is 5.96 Å². The van der Waals surface area contributed by atoms with Crippen molar-refractivity contribution in [3.63, 3.8) is 0 Å². The Bertz CT molecular complexity index is 426. The average molecular weight is 483 g/mol. The Labute approximate surface area is 176 Å². The largest absolute Gasteiger partial charge is 0.383 e. The summed E-state index contributed by atoms with van der Waals surface area (Å²) in [5.74, 6) is 1.00. The molecule has 0 saturated heterocycles. The molecule has 0 aromatic rings. The summed E-state index contributed by atoms with van der Waals surface area (Å²) in [5.41, 5.74) is -0.318. The molecule has 1 aliphatic rings. The summed E-state index contributed by atoms with van der Waals surface area (Å²) in [4.78, 5) is 21.3. The minimum Gasteiger partial charge on any atom is -0.383 e. The van der Waals surface area contributed by atoms with Gasteiger partial charge in [0, 0.05) is 47.4 Å². The number of methoxy groups -OCH3 is 1. The molecule has 8 heteroatoms. The fraction of sp³-hybridized carbons (Fsp3) is 0.889. The highest BCUT2D eigenvalue weighted by atomic mass is 127. The molecule has 1 fully saturated rings. The van der Waals surface area contributed by atoms with Gasteiger partial charge < -0.3 is 25.2 Å². The smallest absolute Gasteiger partial charge is 0.230 e. The van der Waals surface area contributed by atoms with E-state index in [2.05, 4.69) is 29.5 Å². The van der Waals surface area contributed by atoms with Crippen LogP contribution in [0.2, 0.25) is 0 Å². The van der Waals surface area contributed by atoms with Crippen LogP contribution in [0.1, 0.15) is 32.6 Å². The molecule has 0 spiro atoms. The zero-order valence-corrected chi connectivity index (χ0v) is 19.5. The lowest BCUT2D eigenvalue weighted by Gasteiger charge is -2.29. The molecule has 1 amide bonds. The van der Waals surface area contributed by atoms with Crippen LogP contribution in [0.4, 0.5) is 0 Å². The second kappa shape index (κ2) is 13.5. The monoisotopic (exact) mass is 483 g/mol. The highest BCUT2D eigenvalue weighted by molar-refractivity contribution is 14.0. The molecule has 0 radical (unpaired) electrons. The van der Waals surface area contributed by atoms with E-state index in [0.717, 1.165) is 64.4 Å². The van der Waals surface area contributed by atoms with Gasteiger partial charge in [0.1, 0.15) is 0 Å². The lowest BCUT2D eigenvalue weighted by molar-refractivity contribution is -0.138. The van der Waals surface area contributed by atoms with E-state index in [0.29, 0.717) is 6.54 Å². The molecule has 26 heavy (non-hydrogen) atoms. The first-order chi connectivity index (χ1) is 11.9. The van der Waals surface area contributed by atoms with Crippen molar-refractivity contribution < 1.29 is 9.53 Å². The molecule has 1 aliphatic carbocycles. The molecule has 1 saturated carbocycles. The zero-order chi connectivity index (χ0) is 18.7. The number of nitrogens with one attached hydrogen (secondary N) is 2. The molecule has 0 unspecified atom stereocenters. The predicted octanol–water partition coefficient (Wildman–Crippen LogP) is 1.39. The van der Waals surface area contributed by atoms with Crippen LogP contribution in [-0.4, -0.2) is 89.3 Å². The maximum atomic E-state index is 12.6. The zero-order valence-electron chi connectivity index (χ0n) is 17.1. The van der Waals surface area contributed by atoms with Crippen molar-refractivity contribution in [3.8, 4) is 0 Å². The van der Waals surface area contributed by atoms with E-state index in [1.54, 1.807) is 12.0 Å². The van der Waals surface area contributed by atoms with Gasteiger partial charge in [0.25, 0.3) is 0 Å². The van der Waals surface area contributed by atoms with Crippen molar-refractivity contribution in [3.05, 3.63) is 0 Å². The standard InChI is InChI=1S/C18H37N5O2.HI/c1-6-19-17(20-11-12-23(4)13-14-25-5)21-15-18(9-7-8-10-18)16(24)22(2)3;/h6-15H2,1-5H3,(H2,19,20,21);1H. The van der Waals surface area contributed by atoms with E-state index >= 15 is 0 Å². The van der Waals surface area contributed by atoms with Gasteiger partial charge in [-0.1, -0.05) is 12.8 Å². The fourth-order valence-electron chi connectivity index (χ4n) is 3.26. The van der Waals surface area contributed by atoms with E-state index in [4.69, 9.17) is 9.73 Å². The number of aliphatic imine (C=N–C) groups is 1. The van der Waals surface area contributed by atoms with Crippen molar-refractivity contribution in [1.82, 2.24) is 20.4 Å². The number of carbonyl (C=O) groups excluding carboxylic acids is 1. The molecule has 0 aromatic heterocycles. The summed E-state index contributed by atoms with van der Waals surface area (Å²) in [6.07, 6.45) is 4.10. The Morgan fingerprint density at radius 2 is 1.81 bits per heavy atom. The first kappa shape index (κ1) is 25.4. The first-order valence-corrected chi connectivity index (χ1v) is 9.36. The Morgan fingerprint density at radius 1 is 1.15 bits per heavy atom. The van der Waals surface area contributed by atoms with Gasteiger partial charge in [-0.15, -0.1) is 24.0 Å². The van der Waals surface area contributed by atoms with Crippen LogP contribution in [-0.2, 0) is 9.53 Å². The number of hydrogen-bond acceptors (Lipinski definition) is 4. The molecular formula is C18H38IN5O2. The second-order valence-electron chi connectivity index (χ2n) is 7.11. The van der Waals surface area contributed by atoms with E-state index in [-0.39, 0.29) is 35.3 Å². The molecule has 7 nitrogen and oxygen atoms in total. The molecule has 154 valence electrons. The second-order valence-corrected chi connectivity index (χ2v) is 7.11. The number of likely N-dealkylation sites (N-methyl/N-ethyl adjacent to an activating group) is 1. The third-order valence-corrected chi connectivity index (χ3v) is 4.77. The highest BCUT2D eigenvalue weighted by Crippen LogP contribution is 2.39. The lowest BCUT2D eigenvalue weighted by Crippen LogP contribution is -2.44. The predicted molar refractivity (Wildman–Crippen MR) is 118 cm³/mol. The maximum absolute atomic E-state index is 12.6. The van der Waals surface area contributed by atoms with Gasteiger partial charge in [0.05, 0.1) is 18.6 Å². The van der Waals surface area contributed by atoms with E-state index in [1.807, 2.05) is 14.1 Å². The molecule has 0 bridgehead atoms. The normalized spacial score (nSPS) is 16.3. The van der Waals surface area contributed by atoms with Crippen molar-refractivity contribution in [1.29, 1.82) is 0 Å². The molecule has 2 N–H and O–H groups in total. The van der Waals surface area contributed by atoms with Gasteiger partial charge in [-0.3, -0.25) is 9.79 Å². The van der Waals surface area contributed by atoms with Crippen molar-refractivity contribution in [2.45, 2.75) is 32.6 Å². The number of ether oxygens (including phenoxy) is 1. The third kappa shape index (κ3) is 8.39. The summed E-state index contributed by atoms with van der Waals surface area (Å²) in [7, 11) is 7.47. The van der Waals surface area contributed by atoms with E-state index in [9.17, 15) is 4.79 Å². The fourth-order valence-corrected chi connectivity index (χ4v) is 3.26. The number of nitrogens with zero attached hydrogens (tertiary/aromatic N) is 3. The molecule has 0 heterocycles. The number of rotatable bonds is 10. The lowest BCUT2D eigenvalue weighted by atomic mass is 9.85. The van der Waals surface area contributed by atoms with Crippen LogP contribution in [0, 0.1) is 5.41 Å². The highest BCUT2D eigenvalue weighted by Gasteiger charge is 2.41. The first-order valence-electron chi connectivity index (χ1n) is 9.36. The Hall–Kier alpha value is -0.610. The summed E-state index contributed by atoms with van der Waals surface area (Å²) < 4.78 is 5.09. The van der Waals surface area contributed by atoms with Gasteiger partial charge in [-0.05, 0) is 26.8 Å². The van der Waals surface area contributed by atoms with Crippen LogP contribution in [0.25, 0.3) is 0 Å². The van der Waals surface area contributed by atoms with E-state index in [1.165, 1.54) is 0 Å². The topological polar surface area (TPSA) is 69.2 Å². The van der Waals surface area contributed by atoms with E-state index < -0.39 is 0 Å². The SMILES string of the molecule is CCNC(=NCC1(C(=O)N(C)C)CCCC1)NCCN(C)CCOC.I. The number of guanidine groups is 1. The minimum atomic E-state index is -0.318. The van der Waals surface area contributed by atoms with Crippen LogP contribution in [0.3, 0.4) is 0 Å². The van der Waals surface area contributed by atoms with Gasteiger partial charge in [0.2, 0.25) is 5.91 Å². The Kier molecular flexibility index (Phi) is 13.2. The number of hydrogen-bond donors (Lipinski definition) is 2. The van der Waals surface area contributed by atoms with Crippen LogP contribution >= 0.6 is 24.0 Å². The Morgan fingerprint density at radius 3 is 2.35 bits per heavy atom. The molecular weight excluding hydrogens is 445 g/mol. The molecule has 0 atom stereocenters. The van der Waals surface area contributed by atoms with Gasteiger partial charge in [-0.2, -0.15) is 0 Å². The summed E-state index contributed by atoms with van der Waals surface area (Å²) >= 11 is 0. The number of halogens is 1. The average Bonchev–Trinajstić information content (AvgIpc) is 3.07. The van der Waals surface area contributed by atoms with Crippen molar-refractivity contribution >= 4 is 35.8 Å². The number of carbonyl (C=O) groups is 1. The van der Waals surface area contributed by atoms with Crippen molar-refractivity contribution in [2.24, 2.45) is 10.4 Å². The van der Waals surface area contributed by atoms with Gasteiger partial charge in [-0.25, -0.2) is 0 Å². The summed E-state index contributed by atoms with van der Waals surface area (Å²) in [6, 6.07) is 0. The summed E-state index contributed by atoms with van der Waals surface area (Å²) in [5, 5.41) is 6.65. The van der Waals surface area contributed by atoms with Gasteiger partial charge >= 0.3 is 0 Å². The maximum Gasteiger partial charge on any atom is 0.230 e. The van der Waals surface area contributed by atoms with Crippen molar-refractivity contribution in [2.75, 3.05) is 67.6 Å².